The lowest BCUT2D eigenvalue weighted by Gasteiger charge is -2.21. The molecule has 0 aromatic carbocycles. The first-order chi connectivity index (χ1) is 9.56. The normalized spacial score (nSPS) is 12.2. The molecule has 0 saturated heterocycles. The van der Waals surface area contributed by atoms with Crippen molar-refractivity contribution in [1.29, 1.82) is 0 Å². The van der Waals surface area contributed by atoms with Crippen LogP contribution in [0.1, 0.15) is 11.3 Å². The molecule has 8 heteroatoms. The van der Waals surface area contributed by atoms with E-state index in [-0.39, 0.29) is 11.5 Å². The second-order valence-electron chi connectivity index (χ2n) is 4.15. The Morgan fingerprint density at radius 1 is 1.25 bits per heavy atom. The highest BCUT2D eigenvalue weighted by atomic mass is 32.2. The number of aliphatic hydroxyl groups is 1. The van der Waals surface area contributed by atoms with Gasteiger partial charge in [-0.25, -0.2) is 8.42 Å². The Bertz CT molecular complexity index is 486. The van der Waals surface area contributed by atoms with E-state index in [1.165, 1.54) is 28.8 Å². The number of sulfonamides is 1. The molecule has 20 heavy (non-hydrogen) atoms. The molecule has 0 spiro atoms. The molecule has 0 fully saturated rings. The van der Waals surface area contributed by atoms with Crippen molar-refractivity contribution in [2.75, 3.05) is 40.5 Å². The van der Waals surface area contributed by atoms with Gasteiger partial charge in [0, 0.05) is 44.2 Å². The van der Waals surface area contributed by atoms with Gasteiger partial charge in [-0.1, -0.05) is 0 Å². The Balaban J connectivity index is 2.85. The minimum Gasteiger partial charge on any atom is -0.391 e. The first-order valence-corrected chi connectivity index (χ1v) is 8.54. The van der Waals surface area contributed by atoms with Gasteiger partial charge in [0.15, 0.2) is 0 Å². The van der Waals surface area contributed by atoms with E-state index in [1.807, 2.05) is 0 Å². The minimum absolute atomic E-state index is 0.151. The van der Waals surface area contributed by atoms with Crippen molar-refractivity contribution in [3.63, 3.8) is 0 Å². The molecule has 1 rings (SSSR count). The fourth-order valence-corrected chi connectivity index (χ4v) is 4.24. The molecule has 0 unspecified atom stereocenters. The maximum Gasteiger partial charge on any atom is 0.243 e. The SMILES string of the molecule is COCCCN(CCOC)S(=O)(=O)c1csc(CO)c1. The van der Waals surface area contributed by atoms with E-state index in [4.69, 9.17) is 14.6 Å². The average molecular weight is 323 g/mol. The molecule has 1 aromatic rings. The Morgan fingerprint density at radius 2 is 1.95 bits per heavy atom. The Labute approximate surface area is 124 Å². The summed E-state index contributed by atoms with van der Waals surface area (Å²) in [6.45, 7) is 1.37. The van der Waals surface area contributed by atoms with Crippen LogP contribution in [0.15, 0.2) is 16.3 Å². The number of methoxy groups -OCH3 is 2. The molecule has 6 nitrogen and oxygen atoms in total. The van der Waals surface area contributed by atoms with E-state index in [2.05, 4.69) is 0 Å². The summed E-state index contributed by atoms with van der Waals surface area (Å²) in [6.07, 6.45) is 0.621. The average Bonchev–Trinajstić information content (AvgIpc) is 2.92. The van der Waals surface area contributed by atoms with Crippen LogP contribution in [0, 0.1) is 0 Å². The van der Waals surface area contributed by atoms with Gasteiger partial charge in [0.05, 0.1) is 18.1 Å². The van der Waals surface area contributed by atoms with Gasteiger partial charge in [0.1, 0.15) is 0 Å². The van der Waals surface area contributed by atoms with E-state index in [0.717, 1.165) is 0 Å². The molecule has 1 aromatic heterocycles. The van der Waals surface area contributed by atoms with Crippen LogP contribution in [0.4, 0.5) is 0 Å². The molecule has 0 radical (unpaired) electrons. The number of nitrogens with zero attached hydrogens (tertiary/aromatic N) is 1. The lowest BCUT2D eigenvalue weighted by Crippen LogP contribution is -2.35. The summed E-state index contributed by atoms with van der Waals surface area (Å²) >= 11 is 1.23. The van der Waals surface area contributed by atoms with E-state index in [1.54, 1.807) is 12.5 Å². The van der Waals surface area contributed by atoms with Gasteiger partial charge >= 0.3 is 0 Å². The third-order valence-corrected chi connectivity index (χ3v) is 5.67. The number of hydrogen-bond donors (Lipinski definition) is 1. The fraction of sp³-hybridized carbons (Fsp3) is 0.667. The van der Waals surface area contributed by atoms with Crippen molar-refractivity contribution >= 4 is 21.4 Å². The quantitative estimate of drug-likeness (QED) is 0.648. The van der Waals surface area contributed by atoms with Crippen molar-refractivity contribution in [1.82, 2.24) is 4.31 Å². The van der Waals surface area contributed by atoms with Gasteiger partial charge in [-0.3, -0.25) is 0 Å². The first kappa shape index (κ1) is 17.5. The monoisotopic (exact) mass is 323 g/mol. The van der Waals surface area contributed by atoms with Crippen LogP contribution < -0.4 is 0 Å². The summed E-state index contributed by atoms with van der Waals surface area (Å²) in [5, 5.41) is 10.6. The second kappa shape index (κ2) is 8.71. The molecular formula is C12H21NO5S2. The summed E-state index contributed by atoms with van der Waals surface area (Å²) in [5.41, 5.74) is 0. The van der Waals surface area contributed by atoms with Crippen molar-refractivity contribution in [2.45, 2.75) is 17.9 Å². The first-order valence-electron chi connectivity index (χ1n) is 6.22. The highest BCUT2D eigenvalue weighted by molar-refractivity contribution is 7.89. The molecule has 0 aliphatic carbocycles. The van der Waals surface area contributed by atoms with Crippen LogP contribution in [0.2, 0.25) is 0 Å². The van der Waals surface area contributed by atoms with Crippen molar-refractivity contribution in [2.24, 2.45) is 0 Å². The molecule has 0 bridgehead atoms. The molecule has 0 saturated carbocycles. The minimum atomic E-state index is -3.55. The summed E-state index contributed by atoms with van der Waals surface area (Å²) in [5.74, 6) is 0. The largest absolute Gasteiger partial charge is 0.391 e. The van der Waals surface area contributed by atoms with Gasteiger partial charge < -0.3 is 14.6 Å². The lowest BCUT2D eigenvalue weighted by atomic mass is 10.4. The molecule has 0 aliphatic heterocycles. The number of aliphatic hydroxyl groups excluding tert-OH is 1. The van der Waals surface area contributed by atoms with Gasteiger partial charge in [0.2, 0.25) is 10.0 Å². The van der Waals surface area contributed by atoms with E-state index in [9.17, 15) is 8.42 Å². The third kappa shape index (κ3) is 4.80. The molecule has 116 valence electrons. The summed E-state index contributed by atoms with van der Waals surface area (Å²) in [6, 6.07) is 1.51. The van der Waals surface area contributed by atoms with Crippen molar-refractivity contribution < 1.29 is 23.0 Å². The number of hydrogen-bond acceptors (Lipinski definition) is 6. The smallest absolute Gasteiger partial charge is 0.243 e. The van der Waals surface area contributed by atoms with Gasteiger partial charge in [-0.2, -0.15) is 4.31 Å². The summed E-state index contributed by atoms with van der Waals surface area (Å²) in [4.78, 5) is 0.854. The zero-order chi connectivity index (χ0) is 15.0. The van der Waals surface area contributed by atoms with Crippen molar-refractivity contribution in [3.05, 3.63) is 16.3 Å². The number of rotatable bonds is 10. The van der Waals surface area contributed by atoms with Gasteiger partial charge in [-0.05, 0) is 12.5 Å². The molecule has 1 heterocycles. The topological polar surface area (TPSA) is 76.1 Å². The second-order valence-corrected chi connectivity index (χ2v) is 7.08. The number of thiophene rings is 1. The van der Waals surface area contributed by atoms with E-state index in [0.29, 0.717) is 37.6 Å². The third-order valence-electron chi connectivity index (χ3n) is 2.72. The van der Waals surface area contributed by atoms with E-state index >= 15 is 0 Å². The van der Waals surface area contributed by atoms with E-state index < -0.39 is 10.0 Å². The molecular weight excluding hydrogens is 302 g/mol. The van der Waals surface area contributed by atoms with Crippen LogP contribution >= 0.6 is 11.3 Å². The number of ether oxygens (including phenoxy) is 2. The maximum atomic E-state index is 12.5. The Kier molecular flexibility index (Phi) is 7.63. The molecule has 0 amide bonds. The lowest BCUT2D eigenvalue weighted by molar-refractivity contribution is 0.164. The fourth-order valence-electron chi connectivity index (χ4n) is 1.66. The van der Waals surface area contributed by atoms with Crippen LogP contribution in [-0.4, -0.2) is 58.4 Å². The predicted octanol–water partition coefficient (Wildman–Crippen LogP) is 0.914. The zero-order valence-electron chi connectivity index (χ0n) is 11.7. The molecule has 1 N–H and O–H groups in total. The van der Waals surface area contributed by atoms with Crippen LogP contribution in [0.5, 0.6) is 0 Å². The molecule has 0 atom stereocenters. The summed E-state index contributed by atoms with van der Waals surface area (Å²) in [7, 11) is -0.426. The van der Waals surface area contributed by atoms with Crippen LogP contribution in [0.25, 0.3) is 0 Å². The maximum absolute atomic E-state index is 12.5. The Hall–Kier alpha value is -0.510. The van der Waals surface area contributed by atoms with Gasteiger partial charge in [0.25, 0.3) is 0 Å². The predicted molar refractivity (Wildman–Crippen MR) is 77.4 cm³/mol. The summed E-state index contributed by atoms with van der Waals surface area (Å²) < 4.78 is 36.3. The molecule has 0 aliphatic rings. The zero-order valence-corrected chi connectivity index (χ0v) is 13.4. The van der Waals surface area contributed by atoms with Gasteiger partial charge in [-0.15, -0.1) is 11.3 Å². The van der Waals surface area contributed by atoms with Crippen LogP contribution in [0.3, 0.4) is 0 Å². The highest BCUT2D eigenvalue weighted by Crippen LogP contribution is 2.22. The van der Waals surface area contributed by atoms with Crippen LogP contribution in [-0.2, 0) is 26.1 Å². The highest BCUT2D eigenvalue weighted by Gasteiger charge is 2.25. The Morgan fingerprint density at radius 3 is 2.50 bits per heavy atom. The van der Waals surface area contributed by atoms with Crippen molar-refractivity contribution in [3.8, 4) is 0 Å². The standard InChI is InChI=1S/C12H21NO5S2/c1-17-6-3-4-13(5-7-18-2)20(15,16)12-8-11(9-14)19-10-12/h8,10,14H,3-7,9H2,1-2H3.